The Kier molecular flexibility index (Phi) is 11.4. The number of benzene rings is 4. The Morgan fingerprint density at radius 2 is 1.53 bits per heavy atom. The van der Waals surface area contributed by atoms with Crippen LogP contribution in [0.25, 0.3) is 0 Å². The molecule has 1 saturated carbocycles. The summed E-state index contributed by atoms with van der Waals surface area (Å²) in [7, 11) is -4.22. The first-order valence-electron chi connectivity index (χ1n) is 15.8. The number of sulfonamides is 1. The van der Waals surface area contributed by atoms with Gasteiger partial charge in [-0.15, -0.1) is 11.8 Å². The first kappa shape index (κ1) is 34.2. The molecule has 1 aliphatic rings. The maximum absolute atomic E-state index is 15.1. The third kappa shape index (κ3) is 8.61. The second kappa shape index (κ2) is 15.6. The predicted octanol–water partition coefficient (Wildman–Crippen LogP) is 6.75. The third-order valence-corrected chi connectivity index (χ3v) is 11.1. The summed E-state index contributed by atoms with van der Waals surface area (Å²) >= 11 is 1.49. The minimum atomic E-state index is -4.22. The van der Waals surface area contributed by atoms with Crippen molar-refractivity contribution in [2.45, 2.75) is 67.4 Å². The largest absolute Gasteiger partial charge is 0.352 e. The highest BCUT2D eigenvalue weighted by atomic mass is 32.2. The number of carbonyl (C=O) groups excluding carboxylic acids is 2. The highest BCUT2D eigenvalue weighted by Gasteiger charge is 2.36. The van der Waals surface area contributed by atoms with Crippen LogP contribution < -0.4 is 9.62 Å². The number of anilines is 1. The highest BCUT2D eigenvalue weighted by Crippen LogP contribution is 2.27. The third-order valence-electron chi connectivity index (χ3n) is 8.52. The molecule has 5 rings (SSSR count). The number of amides is 2. The zero-order valence-electron chi connectivity index (χ0n) is 26.6. The lowest BCUT2D eigenvalue weighted by molar-refractivity contribution is -0.140. The van der Waals surface area contributed by atoms with Gasteiger partial charge in [0.05, 0.1) is 10.6 Å². The lowest BCUT2D eigenvalue weighted by Gasteiger charge is -2.34. The molecule has 1 atom stereocenters. The van der Waals surface area contributed by atoms with E-state index >= 15 is 4.39 Å². The molecule has 1 fully saturated rings. The molecule has 1 N–H and O–H groups in total. The SMILES string of the molecule is CSc1ccc(S(=O)(=O)N(CC(=O)N(Cc2ccccc2F)[C@@H](Cc2ccccc2)C(=O)NC2CCCC2)c2ccc(C)cc2)cc1. The summed E-state index contributed by atoms with van der Waals surface area (Å²) < 4.78 is 44.6. The summed E-state index contributed by atoms with van der Waals surface area (Å²) in [6, 6.07) is 27.8. The number of nitrogens with zero attached hydrogens (tertiary/aromatic N) is 2. The monoisotopic (exact) mass is 673 g/mol. The smallest absolute Gasteiger partial charge is 0.264 e. The van der Waals surface area contributed by atoms with Crippen molar-refractivity contribution in [3.05, 3.63) is 126 Å². The molecule has 0 bridgehead atoms. The lowest BCUT2D eigenvalue weighted by atomic mass is 10.0. The molecule has 7 nitrogen and oxygen atoms in total. The zero-order chi connectivity index (χ0) is 33.4. The molecule has 1 aliphatic carbocycles. The zero-order valence-corrected chi connectivity index (χ0v) is 28.3. The molecule has 0 heterocycles. The fraction of sp³-hybridized carbons (Fsp3) is 0.297. The Bertz CT molecular complexity index is 1760. The van der Waals surface area contributed by atoms with Crippen LogP contribution in [-0.2, 0) is 32.6 Å². The number of hydrogen-bond donors (Lipinski definition) is 1. The van der Waals surface area contributed by atoms with Crippen LogP contribution in [0.1, 0.15) is 42.4 Å². The molecule has 0 aromatic heterocycles. The van der Waals surface area contributed by atoms with E-state index in [1.807, 2.05) is 43.5 Å². The number of halogens is 1. The summed E-state index contributed by atoms with van der Waals surface area (Å²) in [5, 5.41) is 3.13. The topological polar surface area (TPSA) is 86.8 Å². The minimum absolute atomic E-state index is 0.0140. The Hall–Kier alpha value is -4.15. The number of rotatable bonds is 13. The molecular weight excluding hydrogens is 634 g/mol. The molecule has 4 aromatic carbocycles. The summed E-state index contributed by atoms with van der Waals surface area (Å²) in [6.45, 7) is 1.08. The Labute approximate surface area is 281 Å². The van der Waals surface area contributed by atoms with Gasteiger partial charge in [0.25, 0.3) is 10.0 Å². The quantitative estimate of drug-likeness (QED) is 0.159. The van der Waals surface area contributed by atoms with Crippen LogP contribution in [0.3, 0.4) is 0 Å². The van der Waals surface area contributed by atoms with Crippen molar-refractivity contribution in [3.63, 3.8) is 0 Å². The number of aryl methyl sites for hydroxylation is 1. The van der Waals surface area contributed by atoms with Crippen molar-refractivity contribution in [3.8, 4) is 0 Å². The van der Waals surface area contributed by atoms with Gasteiger partial charge in [0.1, 0.15) is 18.4 Å². The molecule has 0 radical (unpaired) electrons. The Morgan fingerprint density at radius 1 is 0.894 bits per heavy atom. The highest BCUT2D eigenvalue weighted by molar-refractivity contribution is 7.98. The number of nitrogens with one attached hydrogen (secondary N) is 1. The molecule has 0 spiro atoms. The molecule has 47 heavy (non-hydrogen) atoms. The van der Waals surface area contributed by atoms with Crippen LogP contribution in [0.5, 0.6) is 0 Å². The molecule has 4 aromatic rings. The number of hydrogen-bond acceptors (Lipinski definition) is 5. The molecule has 0 saturated heterocycles. The van der Waals surface area contributed by atoms with Gasteiger partial charge in [0.2, 0.25) is 11.8 Å². The maximum Gasteiger partial charge on any atom is 0.264 e. The van der Waals surface area contributed by atoms with Crippen molar-refractivity contribution in [1.82, 2.24) is 10.2 Å². The van der Waals surface area contributed by atoms with E-state index in [1.165, 1.54) is 34.9 Å². The molecular formula is C37H40FN3O4S2. The van der Waals surface area contributed by atoms with Gasteiger partial charge in [0, 0.05) is 29.5 Å². The van der Waals surface area contributed by atoms with E-state index < -0.39 is 34.3 Å². The van der Waals surface area contributed by atoms with E-state index in [4.69, 9.17) is 0 Å². The standard InChI is InChI=1S/C37H40FN3O4S2/c1-27-16-18-31(19-17-27)41(47(44,45)33-22-20-32(46-2)21-23-33)26-36(42)40(25-29-12-6-9-15-34(29)38)35(24-28-10-4-3-5-11-28)37(43)39-30-13-7-8-14-30/h3-6,9-12,15-23,30,35H,7-8,13-14,24-26H2,1-2H3,(H,39,43)/t35-/m0/s1. The van der Waals surface area contributed by atoms with Crippen molar-refractivity contribution in [2.75, 3.05) is 17.1 Å². The van der Waals surface area contributed by atoms with Gasteiger partial charge in [-0.05, 0) is 74.0 Å². The predicted molar refractivity (Wildman–Crippen MR) is 185 cm³/mol. The molecule has 0 unspecified atom stereocenters. The summed E-state index contributed by atoms with van der Waals surface area (Å²) in [5.74, 6) is -1.49. The summed E-state index contributed by atoms with van der Waals surface area (Å²) in [6.07, 6.45) is 5.78. The van der Waals surface area contributed by atoms with E-state index in [0.717, 1.165) is 46.0 Å². The van der Waals surface area contributed by atoms with Gasteiger partial charge in [-0.1, -0.05) is 79.1 Å². The number of thioether (sulfide) groups is 1. The van der Waals surface area contributed by atoms with Crippen LogP contribution in [0.4, 0.5) is 10.1 Å². The molecule has 0 aliphatic heterocycles. The van der Waals surface area contributed by atoms with Gasteiger partial charge < -0.3 is 10.2 Å². The lowest BCUT2D eigenvalue weighted by Crippen LogP contribution is -2.54. The van der Waals surface area contributed by atoms with E-state index in [1.54, 1.807) is 54.6 Å². The van der Waals surface area contributed by atoms with Gasteiger partial charge in [-0.2, -0.15) is 0 Å². The molecule has 2 amide bonds. The Morgan fingerprint density at radius 3 is 2.17 bits per heavy atom. The minimum Gasteiger partial charge on any atom is -0.352 e. The Balaban J connectivity index is 1.56. The van der Waals surface area contributed by atoms with Crippen molar-refractivity contribution in [2.24, 2.45) is 0 Å². The first-order chi connectivity index (χ1) is 22.7. The van der Waals surface area contributed by atoms with Crippen molar-refractivity contribution < 1.29 is 22.4 Å². The van der Waals surface area contributed by atoms with Crippen LogP contribution in [0.15, 0.2) is 113 Å². The van der Waals surface area contributed by atoms with Gasteiger partial charge >= 0.3 is 0 Å². The second-order valence-electron chi connectivity index (χ2n) is 11.8. The fourth-order valence-electron chi connectivity index (χ4n) is 5.85. The number of carbonyl (C=O) groups is 2. The summed E-state index contributed by atoms with van der Waals surface area (Å²) in [4.78, 5) is 30.9. The van der Waals surface area contributed by atoms with E-state index in [0.29, 0.717) is 5.69 Å². The van der Waals surface area contributed by atoms with Crippen molar-refractivity contribution >= 4 is 39.3 Å². The van der Waals surface area contributed by atoms with E-state index in [2.05, 4.69) is 5.32 Å². The van der Waals surface area contributed by atoms with Crippen LogP contribution in [0.2, 0.25) is 0 Å². The van der Waals surface area contributed by atoms with Gasteiger partial charge in [0.15, 0.2) is 0 Å². The normalized spacial score (nSPS) is 14.0. The molecule has 246 valence electrons. The van der Waals surface area contributed by atoms with Crippen LogP contribution in [0, 0.1) is 12.7 Å². The maximum atomic E-state index is 15.1. The first-order valence-corrected chi connectivity index (χ1v) is 18.4. The fourth-order valence-corrected chi connectivity index (χ4v) is 7.67. The average molecular weight is 674 g/mol. The molecule has 10 heteroatoms. The summed E-state index contributed by atoms with van der Waals surface area (Å²) in [5.41, 5.74) is 2.28. The van der Waals surface area contributed by atoms with E-state index in [9.17, 15) is 18.0 Å². The average Bonchev–Trinajstić information content (AvgIpc) is 3.60. The van der Waals surface area contributed by atoms with Crippen LogP contribution >= 0.6 is 11.8 Å². The van der Waals surface area contributed by atoms with Crippen LogP contribution in [-0.4, -0.2) is 50.0 Å². The van der Waals surface area contributed by atoms with Crippen molar-refractivity contribution in [1.29, 1.82) is 0 Å². The van der Waals surface area contributed by atoms with E-state index in [-0.39, 0.29) is 35.4 Å². The van der Waals surface area contributed by atoms with Gasteiger partial charge in [-0.3, -0.25) is 13.9 Å². The van der Waals surface area contributed by atoms with Gasteiger partial charge in [-0.25, -0.2) is 12.8 Å². The second-order valence-corrected chi connectivity index (χ2v) is 14.6.